The van der Waals surface area contributed by atoms with Gasteiger partial charge in [0.05, 0.1) is 0 Å². The van der Waals surface area contributed by atoms with E-state index in [9.17, 15) is 14.4 Å². The second-order valence-electron chi connectivity index (χ2n) is 7.30. The van der Waals surface area contributed by atoms with Gasteiger partial charge in [0.1, 0.15) is 0 Å². The van der Waals surface area contributed by atoms with Crippen molar-refractivity contribution >= 4 is 17.9 Å². The van der Waals surface area contributed by atoms with Crippen LogP contribution < -0.4 is 0 Å². The van der Waals surface area contributed by atoms with Crippen molar-refractivity contribution in [2.24, 2.45) is 5.92 Å². The Labute approximate surface area is 169 Å². The normalized spacial score (nSPS) is 10.4. The molecular weight excluding hydrogens is 362 g/mol. The van der Waals surface area contributed by atoms with Crippen molar-refractivity contribution in [2.75, 3.05) is 19.6 Å². The molecule has 0 saturated heterocycles. The summed E-state index contributed by atoms with van der Waals surface area (Å²) >= 11 is 0. The lowest BCUT2D eigenvalue weighted by Gasteiger charge is -2.22. The van der Waals surface area contributed by atoms with Crippen LogP contribution in [0.2, 0.25) is 0 Å². The van der Waals surface area contributed by atoms with E-state index in [-0.39, 0.29) is 19.3 Å². The van der Waals surface area contributed by atoms with Crippen LogP contribution in [0.25, 0.3) is 0 Å². The Balaban J connectivity index is 0. The summed E-state index contributed by atoms with van der Waals surface area (Å²) in [6, 6.07) is 0. The number of nitrogens with zero attached hydrogens (tertiary/aromatic N) is 1. The summed E-state index contributed by atoms with van der Waals surface area (Å²) in [6.07, 6.45) is 8.39. The molecule has 28 heavy (non-hydrogen) atoms. The lowest BCUT2D eigenvalue weighted by Crippen LogP contribution is -2.27. The van der Waals surface area contributed by atoms with E-state index in [0.29, 0.717) is 25.2 Å². The van der Waals surface area contributed by atoms with Crippen molar-refractivity contribution in [3.63, 3.8) is 0 Å². The Morgan fingerprint density at radius 1 is 0.786 bits per heavy atom. The molecular formula is C21H39NO6. The van der Waals surface area contributed by atoms with E-state index in [1.165, 1.54) is 6.42 Å². The summed E-state index contributed by atoms with van der Waals surface area (Å²) in [5.74, 6) is -1.53. The number of hydrogen-bond donors (Lipinski definition) is 3. The fourth-order valence-corrected chi connectivity index (χ4v) is 2.51. The zero-order valence-electron chi connectivity index (χ0n) is 17.6. The molecule has 0 rings (SSSR count). The molecule has 7 nitrogen and oxygen atoms in total. The first-order valence-electron chi connectivity index (χ1n) is 10.2. The van der Waals surface area contributed by atoms with E-state index in [4.69, 9.17) is 15.3 Å². The molecule has 0 aromatic heterocycles. The molecule has 164 valence electrons. The van der Waals surface area contributed by atoms with Gasteiger partial charge in [-0.05, 0) is 70.5 Å². The fraction of sp³-hybridized carbons (Fsp3) is 0.762. The zero-order chi connectivity index (χ0) is 21.8. The molecule has 0 spiro atoms. The predicted molar refractivity (Wildman–Crippen MR) is 111 cm³/mol. The number of carboxylic acids is 3. The second-order valence-corrected chi connectivity index (χ2v) is 7.30. The van der Waals surface area contributed by atoms with E-state index in [0.717, 1.165) is 38.9 Å². The summed E-state index contributed by atoms with van der Waals surface area (Å²) < 4.78 is 0. The van der Waals surface area contributed by atoms with Crippen LogP contribution in [-0.4, -0.2) is 57.8 Å². The van der Waals surface area contributed by atoms with Gasteiger partial charge < -0.3 is 20.2 Å². The SMILES string of the molecule is C=CCCC(=O)O.CC(C)CCCN(CCCCC(=O)O)CCCCC(=O)O. The molecule has 0 aromatic rings. The maximum atomic E-state index is 10.5. The smallest absolute Gasteiger partial charge is 0.303 e. The molecule has 0 aliphatic heterocycles. The van der Waals surface area contributed by atoms with E-state index in [2.05, 4.69) is 25.3 Å². The zero-order valence-corrected chi connectivity index (χ0v) is 17.6. The highest BCUT2D eigenvalue weighted by atomic mass is 16.4. The third-order valence-electron chi connectivity index (χ3n) is 4.05. The average molecular weight is 402 g/mol. The van der Waals surface area contributed by atoms with Crippen LogP contribution in [0.5, 0.6) is 0 Å². The number of hydrogen-bond acceptors (Lipinski definition) is 4. The average Bonchev–Trinajstić information content (AvgIpc) is 2.59. The minimum absolute atomic E-state index is 0.198. The summed E-state index contributed by atoms with van der Waals surface area (Å²) in [4.78, 5) is 33.1. The fourth-order valence-electron chi connectivity index (χ4n) is 2.51. The Kier molecular flexibility index (Phi) is 20.1. The first kappa shape index (κ1) is 28.3. The van der Waals surface area contributed by atoms with Gasteiger partial charge in [-0.25, -0.2) is 0 Å². The van der Waals surface area contributed by atoms with Gasteiger partial charge in [-0.2, -0.15) is 0 Å². The van der Waals surface area contributed by atoms with Crippen LogP contribution in [0.1, 0.15) is 78.1 Å². The van der Waals surface area contributed by atoms with Gasteiger partial charge in [0.2, 0.25) is 0 Å². The highest BCUT2D eigenvalue weighted by Gasteiger charge is 2.07. The van der Waals surface area contributed by atoms with Crippen LogP contribution in [0.3, 0.4) is 0 Å². The highest BCUT2D eigenvalue weighted by Crippen LogP contribution is 2.08. The van der Waals surface area contributed by atoms with E-state index >= 15 is 0 Å². The Morgan fingerprint density at radius 2 is 1.21 bits per heavy atom. The molecule has 3 N–H and O–H groups in total. The third-order valence-corrected chi connectivity index (χ3v) is 4.05. The minimum Gasteiger partial charge on any atom is -0.481 e. The predicted octanol–water partition coefficient (Wildman–Crippen LogP) is 4.27. The molecule has 0 unspecified atom stereocenters. The van der Waals surface area contributed by atoms with Crippen LogP contribution >= 0.6 is 0 Å². The number of unbranched alkanes of at least 4 members (excludes halogenated alkanes) is 2. The molecule has 0 radical (unpaired) electrons. The molecule has 0 aromatic carbocycles. The van der Waals surface area contributed by atoms with Gasteiger partial charge in [-0.3, -0.25) is 14.4 Å². The third kappa shape index (κ3) is 26.3. The van der Waals surface area contributed by atoms with Crippen LogP contribution in [-0.2, 0) is 14.4 Å². The van der Waals surface area contributed by atoms with Crippen LogP contribution in [0, 0.1) is 5.92 Å². The van der Waals surface area contributed by atoms with Gasteiger partial charge >= 0.3 is 17.9 Å². The summed E-state index contributed by atoms with van der Waals surface area (Å²) in [5, 5.41) is 25.3. The molecule has 0 aliphatic carbocycles. The quantitative estimate of drug-likeness (QED) is 0.246. The van der Waals surface area contributed by atoms with E-state index in [1.807, 2.05) is 0 Å². The van der Waals surface area contributed by atoms with Gasteiger partial charge in [0.25, 0.3) is 0 Å². The number of carbonyl (C=O) groups is 3. The minimum atomic E-state index is -0.764. The highest BCUT2D eigenvalue weighted by molar-refractivity contribution is 5.67. The lowest BCUT2D eigenvalue weighted by molar-refractivity contribution is -0.138. The first-order valence-corrected chi connectivity index (χ1v) is 10.2. The maximum Gasteiger partial charge on any atom is 0.303 e. The maximum absolute atomic E-state index is 10.5. The topological polar surface area (TPSA) is 115 Å². The molecule has 0 bridgehead atoms. The first-order chi connectivity index (χ1) is 13.2. The molecule has 0 aliphatic rings. The molecule has 0 fully saturated rings. The molecule has 0 heterocycles. The summed E-state index contributed by atoms with van der Waals surface area (Å²) in [7, 11) is 0. The van der Waals surface area contributed by atoms with E-state index in [1.54, 1.807) is 6.08 Å². The lowest BCUT2D eigenvalue weighted by atomic mass is 10.1. The van der Waals surface area contributed by atoms with Crippen LogP contribution in [0.4, 0.5) is 0 Å². The molecule has 0 amide bonds. The number of carboxylic acid groups (broad SMARTS) is 3. The molecule has 7 heteroatoms. The number of aliphatic carboxylic acids is 3. The molecule has 0 atom stereocenters. The van der Waals surface area contributed by atoms with Crippen molar-refractivity contribution in [1.29, 1.82) is 0 Å². The molecule has 0 saturated carbocycles. The Morgan fingerprint density at radius 3 is 1.54 bits per heavy atom. The Hall–Kier alpha value is -1.89. The van der Waals surface area contributed by atoms with Crippen molar-refractivity contribution in [3.8, 4) is 0 Å². The second kappa shape index (κ2) is 19.9. The Bertz CT molecular complexity index is 415. The summed E-state index contributed by atoms with van der Waals surface area (Å²) in [5.41, 5.74) is 0. The van der Waals surface area contributed by atoms with Gasteiger partial charge in [0, 0.05) is 19.3 Å². The monoisotopic (exact) mass is 401 g/mol. The van der Waals surface area contributed by atoms with Crippen molar-refractivity contribution < 1.29 is 29.7 Å². The van der Waals surface area contributed by atoms with Crippen LogP contribution in [0.15, 0.2) is 12.7 Å². The van der Waals surface area contributed by atoms with Gasteiger partial charge in [-0.15, -0.1) is 6.58 Å². The standard InChI is InChI=1S/C16H31NO4.C5H8O2/c1-14(2)8-7-13-17(11-5-3-9-15(18)19)12-6-4-10-16(20)21;1-2-3-4-5(6)7/h14H,3-13H2,1-2H3,(H,18,19)(H,20,21);2H,1,3-4H2,(H,6,7). The van der Waals surface area contributed by atoms with E-state index < -0.39 is 17.9 Å². The largest absolute Gasteiger partial charge is 0.481 e. The van der Waals surface area contributed by atoms with Crippen molar-refractivity contribution in [3.05, 3.63) is 12.7 Å². The van der Waals surface area contributed by atoms with Gasteiger partial charge in [-0.1, -0.05) is 19.9 Å². The van der Waals surface area contributed by atoms with Crippen molar-refractivity contribution in [1.82, 2.24) is 4.90 Å². The summed E-state index contributed by atoms with van der Waals surface area (Å²) in [6.45, 7) is 10.7. The van der Waals surface area contributed by atoms with Gasteiger partial charge in [0.15, 0.2) is 0 Å². The van der Waals surface area contributed by atoms with Crippen molar-refractivity contribution in [2.45, 2.75) is 78.1 Å². The number of allylic oxidation sites excluding steroid dienone is 1. The number of rotatable bonds is 17.